The molecule has 3 N–H and O–H groups in total. The minimum atomic E-state index is -0.588. The SMILES string of the molecule is O=C(N=Nc1c(O)[nH]c2ccc(F)cc12)c1n[nH]c2c1CCC2. The molecule has 0 atom stereocenters. The number of aromatic nitrogens is 3. The quantitative estimate of drug-likeness (QED) is 0.632. The number of amides is 1. The number of azo groups is 1. The van der Waals surface area contributed by atoms with E-state index in [4.69, 9.17) is 0 Å². The first kappa shape index (κ1) is 13.6. The van der Waals surface area contributed by atoms with Crippen molar-refractivity contribution in [2.24, 2.45) is 10.2 Å². The highest BCUT2D eigenvalue weighted by Crippen LogP contribution is 2.36. The average Bonchev–Trinajstić information content (AvgIpc) is 3.18. The topological polar surface area (TPSA) is 106 Å². The third-order valence-electron chi connectivity index (χ3n) is 3.96. The number of H-pyrrole nitrogens is 2. The monoisotopic (exact) mass is 313 g/mol. The zero-order valence-electron chi connectivity index (χ0n) is 11.9. The smallest absolute Gasteiger partial charge is 0.316 e. The van der Waals surface area contributed by atoms with Gasteiger partial charge in [0.05, 0.1) is 5.52 Å². The molecule has 23 heavy (non-hydrogen) atoms. The van der Waals surface area contributed by atoms with Crippen molar-refractivity contribution in [2.45, 2.75) is 19.3 Å². The van der Waals surface area contributed by atoms with Crippen LogP contribution in [0.25, 0.3) is 10.9 Å². The first-order chi connectivity index (χ1) is 11.1. The van der Waals surface area contributed by atoms with E-state index in [1.54, 1.807) is 0 Å². The molecule has 0 fully saturated rings. The molecule has 1 aromatic carbocycles. The van der Waals surface area contributed by atoms with E-state index in [9.17, 15) is 14.3 Å². The van der Waals surface area contributed by atoms with Gasteiger partial charge in [0.2, 0.25) is 5.88 Å². The second-order valence-electron chi connectivity index (χ2n) is 5.40. The normalized spacial score (nSPS) is 14.0. The largest absolute Gasteiger partial charge is 0.493 e. The maximum Gasteiger partial charge on any atom is 0.316 e. The van der Waals surface area contributed by atoms with E-state index in [1.807, 2.05) is 0 Å². The van der Waals surface area contributed by atoms with Gasteiger partial charge in [-0.3, -0.25) is 9.89 Å². The van der Waals surface area contributed by atoms with Crippen LogP contribution in [-0.4, -0.2) is 26.2 Å². The summed E-state index contributed by atoms with van der Waals surface area (Å²) in [4.78, 5) is 14.8. The van der Waals surface area contributed by atoms with Gasteiger partial charge in [-0.1, -0.05) is 0 Å². The Kier molecular flexibility index (Phi) is 2.97. The zero-order chi connectivity index (χ0) is 16.0. The molecule has 0 bridgehead atoms. The lowest BCUT2D eigenvalue weighted by molar-refractivity contribution is 0.0989. The fraction of sp³-hybridized carbons (Fsp3) is 0.200. The van der Waals surface area contributed by atoms with Crippen molar-refractivity contribution in [1.29, 1.82) is 0 Å². The van der Waals surface area contributed by atoms with Crippen molar-refractivity contribution >= 4 is 22.5 Å². The number of nitrogens with zero attached hydrogens (tertiary/aromatic N) is 3. The Labute approximate surface area is 129 Å². The van der Waals surface area contributed by atoms with Crippen molar-refractivity contribution in [3.8, 4) is 5.88 Å². The third-order valence-corrected chi connectivity index (χ3v) is 3.96. The van der Waals surface area contributed by atoms with Gasteiger partial charge in [0, 0.05) is 16.6 Å². The van der Waals surface area contributed by atoms with Crippen LogP contribution in [-0.2, 0) is 12.8 Å². The molecule has 2 aromatic heterocycles. The predicted octanol–water partition coefficient (Wildman–Crippen LogP) is 3.15. The maximum atomic E-state index is 13.3. The van der Waals surface area contributed by atoms with Crippen LogP contribution in [0.3, 0.4) is 0 Å². The molecule has 0 saturated heterocycles. The lowest BCUT2D eigenvalue weighted by atomic mass is 10.2. The van der Waals surface area contributed by atoms with Crippen LogP contribution in [0.15, 0.2) is 28.4 Å². The zero-order valence-corrected chi connectivity index (χ0v) is 11.9. The number of rotatable bonds is 2. The molecule has 3 aromatic rings. The Balaban J connectivity index is 1.70. The molecule has 0 radical (unpaired) electrons. The van der Waals surface area contributed by atoms with Gasteiger partial charge in [-0.25, -0.2) is 4.39 Å². The summed E-state index contributed by atoms with van der Waals surface area (Å²) < 4.78 is 13.3. The second kappa shape index (κ2) is 5.01. The Morgan fingerprint density at radius 3 is 3.09 bits per heavy atom. The van der Waals surface area contributed by atoms with Crippen molar-refractivity contribution < 1.29 is 14.3 Å². The molecule has 8 heteroatoms. The van der Waals surface area contributed by atoms with Crippen LogP contribution in [0.5, 0.6) is 5.88 Å². The molecule has 7 nitrogen and oxygen atoms in total. The van der Waals surface area contributed by atoms with E-state index in [1.165, 1.54) is 18.2 Å². The lowest BCUT2D eigenvalue weighted by Gasteiger charge is -1.93. The molecule has 0 aliphatic heterocycles. The summed E-state index contributed by atoms with van der Waals surface area (Å²) in [7, 11) is 0. The Hall–Kier alpha value is -3.03. The summed E-state index contributed by atoms with van der Waals surface area (Å²) in [6, 6.07) is 3.96. The molecule has 116 valence electrons. The average molecular weight is 313 g/mol. The van der Waals surface area contributed by atoms with E-state index < -0.39 is 11.7 Å². The van der Waals surface area contributed by atoms with E-state index in [0.29, 0.717) is 10.9 Å². The highest BCUT2D eigenvalue weighted by Gasteiger charge is 2.23. The molecule has 4 rings (SSSR count). The van der Waals surface area contributed by atoms with Crippen molar-refractivity contribution in [3.05, 3.63) is 41.0 Å². The number of hydrogen-bond donors (Lipinski definition) is 3. The number of carbonyl (C=O) groups is 1. The molecular formula is C15H12FN5O2. The van der Waals surface area contributed by atoms with Gasteiger partial charge in [-0.15, -0.1) is 10.2 Å². The molecule has 0 unspecified atom stereocenters. The number of fused-ring (bicyclic) bond motifs is 2. The molecule has 1 aliphatic rings. The molecule has 1 aliphatic carbocycles. The summed E-state index contributed by atoms with van der Waals surface area (Å²) in [5.41, 5.74) is 2.63. The van der Waals surface area contributed by atoms with Gasteiger partial charge in [0.15, 0.2) is 11.4 Å². The summed E-state index contributed by atoms with van der Waals surface area (Å²) in [5, 5.41) is 24.4. The fourth-order valence-corrected chi connectivity index (χ4v) is 2.88. The van der Waals surface area contributed by atoms with E-state index in [2.05, 4.69) is 25.4 Å². The molecule has 1 amide bonds. The standard InChI is InChI=1S/C15H12FN5O2/c16-7-4-5-10-9(6-7)13(14(22)17-10)20-21-15(23)12-8-2-1-3-11(8)18-19-12/h4-6,17,22H,1-3H2,(H,18,19). The Bertz CT molecular complexity index is 956. The fourth-order valence-electron chi connectivity index (χ4n) is 2.88. The van der Waals surface area contributed by atoms with Crippen LogP contribution in [0.4, 0.5) is 10.1 Å². The number of nitrogens with one attached hydrogen (secondary N) is 2. The predicted molar refractivity (Wildman–Crippen MR) is 79.4 cm³/mol. The highest BCUT2D eigenvalue weighted by molar-refractivity contribution is 5.96. The minimum Gasteiger partial charge on any atom is -0.493 e. The molecule has 0 spiro atoms. The number of aryl methyl sites for hydroxylation is 1. The Morgan fingerprint density at radius 1 is 1.35 bits per heavy atom. The van der Waals surface area contributed by atoms with Gasteiger partial charge in [-0.05, 0) is 37.5 Å². The van der Waals surface area contributed by atoms with E-state index >= 15 is 0 Å². The number of hydrogen-bond acceptors (Lipinski definition) is 4. The van der Waals surface area contributed by atoms with Gasteiger partial charge in [0.1, 0.15) is 5.82 Å². The first-order valence-electron chi connectivity index (χ1n) is 7.16. The van der Waals surface area contributed by atoms with Crippen molar-refractivity contribution in [1.82, 2.24) is 15.2 Å². The number of aromatic hydroxyl groups is 1. The van der Waals surface area contributed by atoms with Crippen LogP contribution >= 0.6 is 0 Å². The number of benzene rings is 1. The second-order valence-corrected chi connectivity index (χ2v) is 5.40. The van der Waals surface area contributed by atoms with Gasteiger partial charge in [0.25, 0.3) is 0 Å². The van der Waals surface area contributed by atoms with Gasteiger partial charge in [-0.2, -0.15) is 5.10 Å². The number of carbonyl (C=O) groups excluding carboxylic acids is 1. The van der Waals surface area contributed by atoms with E-state index in [-0.39, 0.29) is 17.3 Å². The van der Waals surface area contributed by atoms with Crippen LogP contribution < -0.4 is 0 Å². The van der Waals surface area contributed by atoms with Gasteiger partial charge < -0.3 is 10.1 Å². The molecule has 0 saturated carbocycles. The molecular weight excluding hydrogens is 301 g/mol. The van der Waals surface area contributed by atoms with Crippen LogP contribution in [0.2, 0.25) is 0 Å². The van der Waals surface area contributed by atoms with Gasteiger partial charge >= 0.3 is 5.91 Å². The third kappa shape index (κ3) is 2.19. The Morgan fingerprint density at radius 2 is 2.22 bits per heavy atom. The summed E-state index contributed by atoms with van der Waals surface area (Å²) >= 11 is 0. The number of aromatic amines is 2. The van der Waals surface area contributed by atoms with Crippen LogP contribution in [0.1, 0.15) is 28.2 Å². The summed E-state index contributed by atoms with van der Waals surface area (Å²) in [5.74, 6) is -1.33. The first-order valence-corrected chi connectivity index (χ1v) is 7.16. The minimum absolute atomic E-state index is 0.0278. The van der Waals surface area contributed by atoms with Crippen molar-refractivity contribution in [2.75, 3.05) is 0 Å². The molecule has 2 heterocycles. The maximum absolute atomic E-state index is 13.3. The lowest BCUT2D eigenvalue weighted by Crippen LogP contribution is -1.98. The summed E-state index contributed by atoms with van der Waals surface area (Å²) in [6.45, 7) is 0. The number of halogens is 1. The highest BCUT2D eigenvalue weighted by atomic mass is 19.1. The van der Waals surface area contributed by atoms with Crippen LogP contribution in [0, 0.1) is 5.82 Å². The summed E-state index contributed by atoms with van der Waals surface area (Å²) in [6.07, 6.45) is 2.63. The van der Waals surface area contributed by atoms with E-state index in [0.717, 1.165) is 30.5 Å². The van der Waals surface area contributed by atoms with Crippen molar-refractivity contribution in [3.63, 3.8) is 0 Å².